The molecular formula is C16H15Br2ClFN. The normalized spacial score (nSPS) is 12.4. The Balaban J connectivity index is 2.49. The molecule has 0 spiro atoms. The van der Waals surface area contributed by atoms with Gasteiger partial charge in [-0.1, -0.05) is 56.5 Å². The van der Waals surface area contributed by atoms with Gasteiger partial charge >= 0.3 is 0 Å². The Morgan fingerprint density at radius 1 is 1.14 bits per heavy atom. The van der Waals surface area contributed by atoms with Gasteiger partial charge in [0.2, 0.25) is 0 Å². The van der Waals surface area contributed by atoms with Gasteiger partial charge < -0.3 is 5.32 Å². The van der Waals surface area contributed by atoms with Gasteiger partial charge in [-0.05, 0) is 54.4 Å². The van der Waals surface area contributed by atoms with Gasteiger partial charge in [-0.2, -0.15) is 0 Å². The highest BCUT2D eigenvalue weighted by molar-refractivity contribution is 9.11. The van der Waals surface area contributed by atoms with Gasteiger partial charge in [0.05, 0.1) is 6.04 Å². The monoisotopic (exact) mass is 433 g/mol. The van der Waals surface area contributed by atoms with Crippen LogP contribution in [0.3, 0.4) is 0 Å². The highest BCUT2D eigenvalue weighted by Crippen LogP contribution is 2.34. The van der Waals surface area contributed by atoms with Crippen molar-refractivity contribution in [2.24, 2.45) is 0 Å². The summed E-state index contributed by atoms with van der Waals surface area (Å²) in [6.45, 7) is 2.95. The molecule has 5 heteroatoms. The number of halogens is 4. The molecule has 1 N–H and O–H groups in total. The van der Waals surface area contributed by atoms with Gasteiger partial charge in [0.1, 0.15) is 5.82 Å². The number of benzene rings is 2. The minimum atomic E-state index is -0.328. The minimum absolute atomic E-state index is 0.0927. The SMILES string of the molecule is CCCNC(c1ccc(F)cc1Cl)c1cc(Br)ccc1Br. The van der Waals surface area contributed by atoms with E-state index in [1.807, 2.05) is 18.2 Å². The van der Waals surface area contributed by atoms with Crippen molar-refractivity contribution in [2.45, 2.75) is 19.4 Å². The number of hydrogen-bond acceptors (Lipinski definition) is 1. The molecule has 1 atom stereocenters. The van der Waals surface area contributed by atoms with E-state index in [2.05, 4.69) is 44.1 Å². The molecule has 0 amide bonds. The lowest BCUT2D eigenvalue weighted by Gasteiger charge is -2.22. The molecule has 0 bridgehead atoms. The molecule has 21 heavy (non-hydrogen) atoms. The number of rotatable bonds is 5. The Hall–Kier alpha value is -0.420. The molecule has 0 radical (unpaired) electrons. The summed E-state index contributed by atoms with van der Waals surface area (Å²) >= 11 is 13.3. The van der Waals surface area contributed by atoms with Gasteiger partial charge in [0.25, 0.3) is 0 Å². The molecule has 0 fully saturated rings. The topological polar surface area (TPSA) is 12.0 Å². The summed E-state index contributed by atoms with van der Waals surface area (Å²) < 4.78 is 15.3. The summed E-state index contributed by atoms with van der Waals surface area (Å²) in [5, 5.41) is 3.90. The predicted octanol–water partition coefficient (Wildman–Crippen LogP) is 6.09. The van der Waals surface area contributed by atoms with E-state index in [9.17, 15) is 4.39 Å². The largest absolute Gasteiger partial charge is 0.306 e. The third-order valence-electron chi connectivity index (χ3n) is 3.14. The molecule has 0 saturated heterocycles. The summed E-state index contributed by atoms with van der Waals surface area (Å²) in [5.74, 6) is -0.328. The van der Waals surface area contributed by atoms with Gasteiger partial charge in [-0.3, -0.25) is 0 Å². The predicted molar refractivity (Wildman–Crippen MR) is 93.4 cm³/mol. The lowest BCUT2D eigenvalue weighted by molar-refractivity contribution is 0.591. The number of nitrogens with one attached hydrogen (secondary N) is 1. The maximum atomic E-state index is 13.3. The molecule has 2 aromatic rings. The average Bonchev–Trinajstić information content (AvgIpc) is 2.44. The molecule has 1 unspecified atom stereocenters. The summed E-state index contributed by atoms with van der Waals surface area (Å²) in [6.07, 6.45) is 1.00. The van der Waals surface area contributed by atoms with Crippen molar-refractivity contribution in [1.82, 2.24) is 5.32 Å². The van der Waals surface area contributed by atoms with Crippen LogP contribution in [0.25, 0.3) is 0 Å². The Kier molecular flexibility index (Phi) is 6.23. The molecule has 0 aromatic heterocycles. The van der Waals surface area contributed by atoms with Crippen LogP contribution in [0.1, 0.15) is 30.5 Å². The first-order chi connectivity index (χ1) is 10.0. The second-order valence-corrected chi connectivity index (χ2v) is 6.90. The van der Waals surface area contributed by atoms with Crippen LogP contribution < -0.4 is 5.32 Å². The van der Waals surface area contributed by atoms with Crippen LogP contribution in [0.15, 0.2) is 45.3 Å². The Labute approximate surface area is 146 Å². The van der Waals surface area contributed by atoms with Crippen molar-refractivity contribution < 1.29 is 4.39 Å². The molecule has 0 aliphatic carbocycles. The van der Waals surface area contributed by atoms with Crippen LogP contribution in [-0.4, -0.2) is 6.54 Å². The summed E-state index contributed by atoms with van der Waals surface area (Å²) in [6, 6.07) is 10.4. The summed E-state index contributed by atoms with van der Waals surface area (Å²) in [7, 11) is 0. The lowest BCUT2D eigenvalue weighted by Crippen LogP contribution is -2.24. The summed E-state index contributed by atoms with van der Waals surface area (Å²) in [5.41, 5.74) is 1.93. The van der Waals surface area contributed by atoms with Crippen molar-refractivity contribution in [3.8, 4) is 0 Å². The van der Waals surface area contributed by atoms with Crippen LogP contribution in [0.2, 0.25) is 5.02 Å². The van der Waals surface area contributed by atoms with Crippen LogP contribution in [0, 0.1) is 5.82 Å². The second kappa shape index (κ2) is 7.73. The highest BCUT2D eigenvalue weighted by atomic mass is 79.9. The fourth-order valence-electron chi connectivity index (χ4n) is 2.15. The van der Waals surface area contributed by atoms with Crippen molar-refractivity contribution in [2.75, 3.05) is 6.54 Å². The molecule has 2 rings (SSSR count). The maximum absolute atomic E-state index is 13.3. The van der Waals surface area contributed by atoms with E-state index in [4.69, 9.17) is 11.6 Å². The van der Waals surface area contributed by atoms with E-state index in [-0.39, 0.29) is 11.9 Å². The Bertz CT molecular complexity index is 634. The number of hydrogen-bond donors (Lipinski definition) is 1. The first-order valence-corrected chi connectivity index (χ1v) is 8.62. The van der Waals surface area contributed by atoms with Gasteiger partial charge in [-0.15, -0.1) is 0 Å². The molecule has 2 aromatic carbocycles. The smallest absolute Gasteiger partial charge is 0.124 e. The van der Waals surface area contributed by atoms with Crippen LogP contribution in [0.4, 0.5) is 4.39 Å². The fraction of sp³-hybridized carbons (Fsp3) is 0.250. The van der Waals surface area contributed by atoms with Crippen LogP contribution in [0.5, 0.6) is 0 Å². The first-order valence-electron chi connectivity index (χ1n) is 6.66. The maximum Gasteiger partial charge on any atom is 0.124 e. The lowest BCUT2D eigenvalue weighted by atomic mass is 9.98. The zero-order chi connectivity index (χ0) is 15.4. The standard InChI is InChI=1S/C16H15Br2ClFN/c1-2-7-21-16(12-5-4-11(20)9-15(12)19)13-8-10(17)3-6-14(13)18/h3-6,8-9,16,21H,2,7H2,1H3. The molecular weight excluding hydrogens is 420 g/mol. The van der Waals surface area contributed by atoms with E-state index < -0.39 is 0 Å². The van der Waals surface area contributed by atoms with Gasteiger partial charge in [-0.25, -0.2) is 4.39 Å². The van der Waals surface area contributed by atoms with Crippen LogP contribution in [-0.2, 0) is 0 Å². The minimum Gasteiger partial charge on any atom is -0.306 e. The van der Waals surface area contributed by atoms with Crippen molar-refractivity contribution in [3.05, 3.63) is 67.3 Å². The molecule has 112 valence electrons. The molecule has 0 aliphatic rings. The zero-order valence-corrected chi connectivity index (χ0v) is 15.4. The molecule has 0 aliphatic heterocycles. The average molecular weight is 436 g/mol. The van der Waals surface area contributed by atoms with Crippen molar-refractivity contribution >= 4 is 43.5 Å². The second-order valence-electron chi connectivity index (χ2n) is 4.72. The van der Waals surface area contributed by atoms with Crippen LogP contribution >= 0.6 is 43.5 Å². The first kappa shape index (κ1) is 16.9. The van der Waals surface area contributed by atoms with E-state index in [0.29, 0.717) is 5.02 Å². The van der Waals surface area contributed by atoms with Crippen molar-refractivity contribution in [3.63, 3.8) is 0 Å². The third-order valence-corrected chi connectivity index (χ3v) is 4.68. The van der Waals surface area contributed by atoms with Gasteiger partial charge in [0, 0.05) is 14.0 Å². The summed E-state index contributed by atoms with van der Waals surface area (Å²) in [4.78, 5) is 0. The zero-order valence-electron chi connectivity index (χ0n) is 11.5. The third kappa shape index (κ3) is 4.28. The van der Waals surface area contributed by atoms with E-state index in [0.717, 1.165) is 33.0 Å². The Morgan fingerprint density at radius 2 is 1.90 bits per heavy atom. The fourth-order valence-corrected chi connectivity index (χ4v) is 3.28. The highest BCUT2D eigenvalue weighted by Gasteiger charge is 2.19. The Morgan fingerprint density at radius 3 is 2.57 bits per heavy atom. The quantitative estimate of drug-likeness (QED) is 0.599. The van der Waals surface area contributed by atoms with Gasteiger partial charge in [0.15, 0.2) is 0 Å². The molecule has 0 heterocycles. The van der Waals surface area contributed by atoms with E-state index >= 15 is 0 Å². The molecule has 0 saturated carbocycles. The van der Waals surface area contributed by atoms with E-state index in [1.165, 1.54) is 12.1 Å². The van der Waals surface area contributed by atoms with Crippen molar-refractivity contribution in [1.29, 1.82) is 0 Å². The molecule has 1 nitrogen and oxygen atoms in total. The van der Waals surface area contributed by atoms with E-state index in [1.54, 1.807) is 6.07 Å².